The molecule has 1 aliphatic rings. The van der Waals surface area contributed by atoms with Crippen molar-refractivity contribution in [3.05, 3.63) is 17.7 Å². The third-order valence-electron chi connectivity index (χ3n) is 4.87. The van der Waals surface area contributed by atoms with Gasteiger partial charge in [0.15, 0.2) is 17.5 Å². The molecule has 2 N–H and O–H groups in total. The predicted octanol–water partition coefficient (Wildman–Crippen LogP) is 2.11. The van der Waals surface area contributed by atoms with Crippen molar-refractivity contribution in [1.82, 2.24) is 15.5 Å². The Labute approximate surface area is 163 Å². The summed E-state index contributed by atoms with van der Waals surface area (Å²) in [6, 6.07) is 3.88. The number of ether oxygens (including phenoxy) is 3. The fourth-order valence-electron chi connectivity index (χ4n) is 3.47. The number of nitrogens with zero attached hydrogens (tertiary/aromatic N) is 2. The molecular weight excluding hydrogens is 344 g/mol. The monoisotopic (exact) mass is 378 g/mol. The van der Waals surface area contributed by atoms with Crippen LogP contribution in [0.4, 0.5) is 0 Å². The lowest BCUT2D eigenvalue weighted by Crippen LogP contribution is -2.43. The van der Waals surface area contributed by atoms with Crippen LogP contribution in [-0.2, 0) is 6.54 Å². The third-order valence-corrected chi connectivity index (χ3v) is 4.87. The van der Waals surface area contributed by atoms with Gasteiger partial charge in [-0.15, -0.1) is 0 Å². The van der Waals surface area contributed by atoms with E-state index in [0.29, 0.717) is 23.8 Å². The molecule has 1 aromatic rings. The molecule has 1 atom stereocenters. The summed E-state index contributed by atoms with van der Waals surface area (Å²) in [6.07, 6.45) is 2.65. The first-order valence-electron chi connectivity index (χ1n) is 9.57. The highest BCUT2D eigenvalue weighted by Crippen LogP contribution is 2.38. The average molecular weight is 379 g/mol. The summed E-state index contributed by atoms with van der Waals surface area (Å²) in [5, 5.41) is 6.73. The lowest BCUT2D eigenvalue weighted by molar-refractivity contribution is 0.187. The van der Waals surface area contributed by atoms with Gasteiger partial charge in [-0.05, 0) is 43.0 Å². The molecule has 2 rings (SSSR count). The van der Waals surface area contributed by atoms with Gasteiger partial charge in [0.25, 0.3) is 0 Å². The van der Waals surface area contributed by atoms with E-state index >= 15 is 0 Å². The Kier molecular flexibility index (Phi) is 8.51. The van der Waals surface area contributed by atoms with Gasteiger partial charge in [0.2, 0.25) is 5.75 Å². The number of piperidine rings is 1. The number of likely N-dealkylation sites (tertiary alicyclic amines) is 1. The van der Waals surface area contributed by atoms with Crippen LogP contribution < -0.4 is 24.8 Å². The van der Waals surface area contributed by atoms with Crippen molar-refractivity contribution in [1.29, 1.82) is 0 Å². The van der Waals surface area contributed by atoms with Crippen molar-refractivity contribution in [3.63, 3.8) is 0 Å². The smallest absolute Gasteiger partial charge is 0.203 e. The summed E-state index contributed by atoms with van der Waals surface area (Å²) < 4.78 is 16.2. The van der Waals surface area contributed by atoms with Crippen LogP contribution in [0.3, 0.4) is 0 Å². The molecule has 1 aliphatic heterocycles. The second-order valence-electron chi connectivity index (χ2n) is 6.93. The fraction of sp³-hybridized carbons (Fsp3) is 0.650. The molecule has 1 heterocycles. The molecule has 0 saturated carbocycles. The van der Waals surface area contributed by atoms with Crippen molar-refractivity contribution >= 4 is 5.96 Å². The summed E-state index contributed by atoms with van der Waals surface area (Å²) in [6.45, 7) is 7.24. The van der Waals surface area contributed by atoms with Gasteiger partial charge < -0.3 is 29.7 Å². The van der Waals surface area contributed by atoms with E-state index in [4.69, 9.17) is 14.2 Å². The van der Waals surface area contributed by atoms with Gasteiger partial charge in [0.1, 0.15) is 0 Å². The van der Waals surface area contributed by atoms with Gasteiger partial charge >= 0.3 is 0 Å². The number of rotatable bonds is 8. The highest BCUT2D eigenvalue weighted by Gasteiger charge is 2.16. The third kappa shape index (κ3) is 6.20. The highest BCUT2D eigenvalue weighted by molar-refractivity contribution is 5.79. The Balaban J connectivity index is 1.86. The lowest BCUT2D eigenvalue weighted by atomic mass is 10.0. The molecule has 0 aromatic heterocycles. The van der Waals surface area contributed by atoms with Gasteiger partial charge in [-0.1, -0.05) is 6.92 Å². The van der Waals surface area contributed by atoms with Gasteiger partial charge in [-0.2, -0.15) is 0 Å². The fourth-order valence-corrected chi connectivity index (χ4v) is 3.47. The molecule has 0 bridgehead atoms. The van der Waals surface area contributed by atoms with Crippen molar-refractivity contribution in [3.8, 4) is 17.2 Å². The van der Waals surface area contributed by atoms with Gasteiger partial charge in [0.05, 0.1) is 21.3 Å². The molecule has 0 spiro atoms. The Morgan fingerprint density at radius 3 is 2.41 bits per heavy atom. The Morgan fingerprint density at radius 2 is 1.85 bits per heavy atom. The summed E-state index contributed by atoms with van der Waals surface area (Å²) in [4.78, 5) is 6.83. The van der Waals surface area contributed by atoms with Crippen LogP contribution in [-0.4, -0.2) is 65.4 Å². The number of benzene rings is 1. The van der Waals surface area contributed by atoms with E-state index in [0.717, 1.165) is 30.5 Å². The minimum atomic E-state index is 0.599. The molecular formula is C20H34N4O3. The highest BCUT2D eigenvalue weighted by atomic mass is 16.5. The minimum absolute atomic E-state index is 0.599. The van der Waals surface area contributed by atoms with Crippen LogP contribution in [0.15, 0.2) is 17.1 Å². The number of aliphatic imine (C=N–C) groups is 1. The second kappa shape index (κ2) is 10.9. The van der Waals surface area contributed by atoms with E-state index in [1.165, 1.54) is 25.9 Å². The van der Waals surface area contributed by atoms with Crippen LogP contribution in [0.25, 0.3) is 0 Å². The first kappa shape index (κ1) is 21.2. The van der Waals surface area contributed by atoms with E-state index in [-0.39, 0.29) is 0 Å². The molecule has 1 fully saturated rings. The van der Waals surface area contributed by atoms with Crippen LogP contribution in [0.2, 0.25) is 0 Å². The number of hydrogen-bond donors (Lipinski definition) is 2. The quantitative estimate of drug-likeness (QED) is 0.533. The zero-order valence-electron chi connectivity index (χ0n) is 17.3. The van der Waals surface area contributed by atoms with Crippen molar-refractivity contribution in [2.45, 2.75) is 26.3 Å². The second-order valence-corrected chi connectivity index (χ2v) is 6.93. The SMILES string of the molecule is CN=C(NCCN1CCCC(C)C1)NCc1cc(OC)c(OC)c(OC)c1. The number of nitrogens with one attached hydrogen (secondary N) is 2. The molecule has 7 nitrogen and oxygen atoms in total. The van der Waals surface area contributed by atoms with Crippen molar-refractivity contribution in [2.24, 2.45) is 10.9 Å². The number of hydrogen-bond acceptors (Lipinski definition) is 5. The minimum Gasteiger partial charge on any atom is -0.493 e. The summed E-state index contributed by atoms with van der Waals surface area (Å²) in [5.74, 6) is 3.48. The zero-order chi connectivity index (χ0) is 19.6. The van der Waals surface area contributed by atoms with Crippen LogP contribution in [0.1, 0.15) is 25.3 Å². The van der Waals surface area contributed by atoms with E-state index in [2.05, 4.69) is 27.4 Å². The largest absolute Gasteiger partial charge is 0.493 e. The predicted molar refractivity (Wildman–Crippen MR) is 109 cm³/mol. The first-order valence-corrected chi connectivity index (χ1v) is 9.57. The van der Waals surface area contributed by atoms with Crippen LogP contribution >= 0.6 is 0 Å². The average Bonchev–Trinajstić information content (AvgIpc) is 2.69. The molecule has 7 heteroatoms. The zero-order valence-corrected chi connectivity index (χ0v) is 17.3. The molecule has 152 valence electrons. The normalized spacial score (nSPS) is 18.1. The van der Waals surface area contributed by atoms with E-state index in [1.807, 2.05) is 12.1 Å². The topological polar surface area (TPSA) is 67.4 Å². The maximum Gasteiger partial charge on any atom is 0.203 e. The lowest BCUT2D eigenvalue weighted by Gasteiger charge is -2.30. The maximum absolute atomic E-state index is 5.41. The van der Waals surface area contributed by atoms with E-state index in [1.54, 1.807) is 28.4 Å². The van der Waals surface area contributed by atoms with Crippen molar-refractivity contribution in [2.75, 3.05) is 54.6 Å². The molecule has 27 heavy (non-hydrogen) atoms. The molecule has 1 unspecified atom stereocenters. The van der Waals surface area contributed by atoms with Gasteiger partial charge in [0, 0.05) is 33.2 Å². The van der Waals surface area contributed by atoms with Crippen LogP contribution in [0.5, 0.6) is 17.2 Å². The Morgan fingerprint density at radius 1 is 1.15 bits per heavy atom. The molecule has 0 aliphatic carbocycles. The van der Waals surface area contributed by atoms with Gasteiger partial charge in [-0.25, -0.2) is 0 Å². The summed E-state index contributed by atoms with van der Waals surface area (Å²) >= 11 is 0. The maximum atomic E-state index is 5.41. The standard InChI is InChI=1S/C20H34N4O3/c1-15-7-6-9-24(14-15)10-8-22-20(21-2)23-13-16-11-17(25-3)19(27-5)18(12-16)26-4/h11-12,15H,6-10,13-14H2,1-5H3,(H2,21,22,23). The summed E-state index contributed by atoms with van der Waals surface area (Å²) in [5.41, 5.74) is 1.03. The molecule has 0 amide bonds. The molecule has 1 aromatic carbocycles. The number of guanidine groups is 1. The first-order chi connectivity index (χ1) is 13.1. The summed E-state index contributed by atoms with van der Waals surface area (Å²) in [7, 11) is 6.63. The Bertz CT molecular complexity index is 596. The Hall–Kier alpha value is -2.15. The van der Waals surface area contributed by atoms with E-state index in [9.17, 15) is 0 Å². The molecule has 0 radical (unpaired) electrons. The van der Waals surface area contributed by atoms with Crippen molar-refractivity contribution < 1.29 is 14.2 Å². The van der Waals surface area contributed by atoms with Crippen LogP contribution in [0, 0.1) is 5.92 Å². The molecule has 1 saturated heterocycles. The number of methoxy groups -OCH3 is 3. The van der Waals surface area contributed by atoms with Gasteiger partial charge in [-0.3, -0.25) is 4.99 Å². The van der Waals surface area contributed by atoms with E-state index < -0.39 is 0 Å².